The third-order valence-corrected chi connectivity index (χ3v) is 4.71. The molecule has 0 saturated carbocycles. The zero-order valence-electron chi connectivity index (χ0n) is 12.8. The van der Waals surface area contributed by atoms with Gasteiger partial charge in [-0.25, -0.2) is 9.78 Å². The van der Waals surface area contributed by atoms with Crippen molar-refractivity contribution in [2.45, 2.75) is 19.9 Å². The number of amides is 1. The van der Waals surface area contributed by atoms with Crippen molar-refractivity contribution in [2.24, 2.45) is 0 Å². The molecule has 0 aliphatic rings. The molecule has 1 N–H and O–H groups in total. The summed E-state index contributed by atoms with van der Waals surface area (Å²) in [5.74, 6) is 0.378. The monoisotopic (exact) mass is 408 g/mol. The number of hydrogen-bond donors (Lipinski definition) is 1. The average molecular weight is 409 g/mol. The first-order valence-corrected chi connectivity index (χ1v) is 8.74. The summed E-state index contributed by atoms with van der Waals surface area (Å²) < 4.78 is 11.1. The van der Waals surface area contributed by atoms with E-state index in [1.165, 1.54) is 17.4 Å². The third-order valence-electron chi connectivity index (χ3n) is 3.29. The zero-order chi connectivity index (χ0) is 17.3. The Morgan fingerprint density at radius 3 is 2.92 bits per heavy atom. The number of hydrogen-bond acceptors (Lipinski definition) is 6. The molecule has 0 saturated heterocycles. The van der Waals surface area contributed by atoms with Crippen molar-refractivity contribution in [2.75, 3.05) is 0 Å². The van der Waals surface area contributed by atoms with Crippen LogP contribution in [-0.2, 0) is 4.79 Å². The molecule has 0 bridgehead atoms. The van der Waals surface area contributed by atoms with Gasteiger partial charge in [-0.15, -0.1) is 11.3 Å². The third kappa shape index (κ3) is 3.49. The van der Waals surface area contributed by atoms with Gasteiger partial charge in [-0.3, -0.25) is 4.79 Å². The fourth-order valence-electron chi connectivity index (χ4n) is 2.11. The summed E-state index contributed by atoms with van der Waals surface area (Å²) in [6.07, 6.45) is 2.88. The van der Waals surface area contributed by atoms with Gasteiger partial charge >= 0.3 is 5.63 Å². The van der Waals surface area contributed by atoms with Crippen molar-refractivity contribution in [3.63, 3.8) is 0 Å². The van der Waals surface area contributed by atoms with Gasteiger partial charge in [0.1, 0.15) is 16.6 Å². The summed E-state index contributed by atoms with van der Waals surface area (Å²) >= 11 is 4.56. The normalized spacial score (nSPS) is 12.8. The van der Waals surface area contributed by atoms with Crippen LogP contribution in [0.5, 0.6) is 0 Å². The second-order valence-corrected chi connectivity index (χ2v) is 6.78. The second-order valence-electron chi connectivity index (χ2n) is 5.14. The van der Waals surface area contributed by atoms with Crippen molar-refractivity contribution < 1.29 is 13.6 Å². The van der Waals surface area contributed by atoms with Crippen molar-refractivity contribution in [3.05, 3.63) is 55.9 Å². The fourth-order valence-corrected chi connectivity index (χ4v) is 3.34. The fraction of sp³-hybridized carbons (Fsp3) is 0.188. The quantitative estimate of drug-likeness (QED) is 0.663. The average Bonchev–Trinajstić information content (AvgIpc) is 3.11. The van der Waals surface area contributed by atoms with E-state index in [0.717, 1.165) is 5.56 Å². The maximum absolute atomic E-state index is 12.0. The molecule has 3 heterocycles. The SMILES string of the molecule is Cc1csc2nc(C(C)NC(=O)/C=C/c3ccc(Br)o3)oc(=O)c12. The zero-order valence-corrected chi connectivity index (χ0v) is 15.2. The highest BCUT2D eigenvalue weighted by Crippen LogP contribution is 2.22. The highest BCUT2D eigenvalue weighted by molar-refractivity contribution is 9.10. The topological polar surface area (TPSA) is 85.3 Å². The highest BCUT2D eigenvalue weighted by Gasteiger charge is 2.16. The predicted octanol–water partition coefficient (Wildman–Crippen LogP) is 3.80. The van der Waals surface area contributed by atoms with Gasteiger partial charge in [-0.1, -0.05) is 0 Å². The number of furan rings is 1. The van der Waals surface area contributed by atoms with Crippen LogP contribution >= 0.6 is 27.3 Å². The van der Waals surface area contributed by atoms with Crippen molar-refractivity contribution >= 4 is 49.5 Å². The Labute approximate surface area is 149 Å². The predicted molar refractivity (Wildman–Crippen MR) is 94.9 cm³/mol. The van der Waals surface area contributed by atoms with Crippen LogP contribution in [0.1, 0.15) is 30.2 Å². The molecular weight excluding hydrogens is 396 g/mol. The lowest BCUT2D eigenvalue weighted by Gasteiger charge is -2.09. The van der Waals surface area contributed by atoms with Crippen LogP contribution in [-0.4, -0.2) is 10.9 Å². The van der Waals surface area contributed by atoms with Gasteiger partial charge < -0.3 is 14.2 Å². The molecular formula is C16H13BrN2O4S. The number of nitrogens with one attached hydrogen (secondary N) is 1. The van der Waals surface area contributed by atoms with Gasteiger partial charge in [0.15, 0.2) is 4.67 Å². The van der Waals surface area contributed by atoms with Crippen molar-refractivity contribution in [1.29, 1.82) is 0 Å². The number of carbonyl (C=O) groups is 1. The molecule has 0 radical (unpaired) electrons. The first-order valence-electron chi connectivity index (χ1n) is 7.07. The maximum Gasteiger partial charge on any atom is 0.348 e. The molecule has 124 valence electrons. The van der Waals surface area contributed by atoms with Crippen LogP contribution in [0.25, 0.3) is 16.3 Å². The molecule has 3 aromatic rings. The van der Waals surface area contributed by atoms with E-state index in [9.17, 15) is 9.59 Å². The highest BCUT2D eigenvalue weighted by atomic mass is 79.9. The molecule has 1 atom stereocenters. The largest absolute Gasteiger partial charge is 0.450 e. The molecule has 0 fully saturated rings. The van der Waals surface area contributed by atoms with E-state index in [4.69, 9.17) is 8.83 Å². The van der Waals surface area contributed by atoms with Crippen LogP contribution in [0, 0.1) is 6.92 Å². The summed E-state index contributed by atoms with van der Waals surface area (Å²) in [5, 5.41) is 5.05. The molecule has 0 spiro atoms. The summed E-state index contributed by atoms with van der Waals surface area (Å²) in [6.45, 7) is 3.53. The Kier molecular flexibility index (Phi) is 4.68. The Balaban J connectivity index is 1.74. The van der Waals surface area contributed by atoms with Crippen LogP contribution in [0.3, 0.4) is 0 Å². The summed E-state index contributed by atoms with van der Waals surface area (Å²) in [5.41, 5.74) is 0.401. The van der Waals surface area contributed by atoms with E-state index in [1.807, 2.05) is 12.3 Å². The first kappa shape index (κ1) is 16.7. The lowest BCUT2D eigenvalue weighted by molar-refractivity contribution is -0.117. The number of aryl methyl sites for hydroxylation is 1. The Morgan fingerprint density at radius 2 is 2.21 bits per heavy atom. The van der Waals surface area contributed by atoms with Crippen molar-refractivity contribution in [3.8, 4) is 0 Å². The van der Waals surface area contributed by atoms with Gasteiger partial charge in [0.2, 0.25) is 11.8 Å². The molecule has 0 aliphatic heterocycles. The summed E-state index contributed by atoms with van der Waals surface area (Å²) in [6, 6.07) is 2.92. The van der Waals surface area contributed by atoms with E-state index in [-0.39, 0.29) is 11.8 Å². The van der Waals surface area contributed by atoms with Crippen LogP contribution in [0.15, 0.2) is 41.9 Å². The number of halogens is 1. The lowest BCUT2D eigenvalue weighted by atomic mass is 10.2. The van der Waals surface area contributed by atoms with Gasteiger partial charge in [0.05, 0.1) is 5.39 Å². The first-order chi connectivity index (χ1) is 11.4. The van der Waals surface area contributed by atoms with Crippen molar-refractivity contribution in [1.82, 2.24) is 10.3 Å². The maximum atomic E-state index is 12.0. The van der Waals surface area contributed by atoms with E-state index >= 15 is 0 Å². The minimum Gasteiger partial charge on any atom is -0.450 e. The minimum atomic E-state index is -0.537. The number of thiophene rings is 1. The molecule has 0 aliphatic carbocycles. The number of fused-ring (bicyclic) bond motifs is 1. The number of carbonyl (C=O) groups excluding carboxylic acids is 1. The van der Waals surface area contributed by atoms with Crippen LogP contribution < -0.4 is 10.9 Å². The second kappa shape index (κ2) is 6.74. The van der Waals surface area contributed by atoms with Crippen LogP contribution in [0.4, 0.5) is 0 Å². The Bertz CT molecular complexity index is 986. The molecule has 24 heavy (non-hydrogen) atoms. The number of aromatic nitrogens is 1. The summed E-state index contributed by atoms with van der Waals surface area (Å²) in [4.78, 5) is 28.9. The lowest BCUT2D eigenvalue weighted by Crippen LogP contribution is -2.26. The molecule has 1 unspecified atom stereocenters. The summed E-state index contributed by atoms with van der Waals surface area (Å²) in [7, 11) is 0. The van der Waals surface area contributed by atoms with E-state index in [0.29, 0.717) is 20.6 Å². The molecule has 8 heteroatoms. The van der Waals surface area contributed by atoms with Gasteiger partial charge in [0.25, 0.3) is 0 Å². The van der Waals surface area contributed by atoms with Gasteiger partial charge in [-0.05, 0) is 58.9 Å². The molecule has 3 aromatic heterocycles. The smallest absolute Gasteiger partial charge is 0.348 e. The standard InChI is InChI=1S/C16H13BrN2O4S/c1-8-7-24-15-13(8)16(21)23-14(19-15)9(2)18-12(20)6-4-10-3-5-11(17)22-10/h3-7,9H,1-2H3,(H,18,20)/b6-4+. The van der Waals surface area contributed by atoms with Crippen LogP contribution in [0.2, 0.25) is 0 Å². The van der Waals surface area contributed by atoms with E-state index in [1.54, 1.807) is 25.1 Å². The minimum absolute atomic E-state index is 0.178. The Morgan fingerprint density at radius 1 is 1.42 bits per heavy atom. The van der Waals surface area contributed by atoms with Gasteiger partial charge in [0, 0.05) is 6.08 Å². The molecule has 3 rings (SSSR count). The van der Waals surface area contributed by atoms with E-state index < -0.39 is 11.7 Å². The number of rotatable bonds is 4. The Hall–Kier alpha value is -2.19. The molecule has 0 aromatic carbocycles. The van der Waals surface area contributed by atoms with Gasteiger partial charge in [-0.2, -0.15) is 0 Å². The molecule has 1 amide bonds. The molecule has 6 nitrogen and oxygen atoms in total. The number of nitrogens with zero attached hydrogens (tertiary/aromatic N) is 1. The van der Waals surface area contributed by atoms with E-state index in [2.05, 4.69) is 26.2 Å².